The Morgan fingerprint density at radius 1 is 1.27 bits per heavy atom. The molecule has 0 radical (unpaired) electrons. The molecule has 1 aromatic heterocycles. The molecule has 2 aromatic rings. The van der Waals surface area contributed by atoms with Crippen LogP contribution in [0, 0.1) is 0 Å². The van der Waals surface area contributed by atoms with Gasteiger partial charge in [0, 0.05) is 0 Å². The van der Waals surface area contributed by atoms with Gasteiger partial charge in [-0.25, -0.2) is 4.39 Å². The van der Waals surface area contributed by atoms with Crippen molar-refractivity contribution in [3.63, 3.8) is 0 Å². The Morgan fingerprint density at radius 3 is 2.82 bits per heavy atom. The summed E-state index contributed by atoms with van der Waals surface area (Å²) in [5.74, 6) is 0.415. The Kier molecular flexibility index (Phi) is 3.68. The van der Waals surface area contributed by atoms with Crippen molar-refractivity contribution < 1.29 is 4.39 Å². The third kappa shape index (κ3) is 2.73. The number of hydrogen-bond acceptors (Lipinski definition) is 5. The smallest absolute Gasteiger partial charge is 0.228 e. The van der Waals surface area contributed by atoms with Crippen molar-refractivity contribution in [1.82, 2.24) is 15.0 Å². The second kappa shape index (κ2) is 5.51. The number of aromatic nitrogens is 3. The molecule has 1 aliphatic carbocycles. The Balaban J connectivity index is 1.96. The highest BCUT2D eigenvalue weighted by Crippen LogP contribution is 2.37. The zero-order valence-electron chi connectivity index (χ0n) is 12.8. The number of alkyl halides is 1. The Hall–Kier alpha value is -2.24. The first-order valence-corrected chi connectivity index (χ1v) is 7.50. The summed E-state index contributed by atoms with van der Waals surface area (Å²) >= 11 is 0. The number of nitrogens with one attached hydrogen (secondary N) is 1. The third-order valence-corrected chi connectivity index (χ3v) is 4.15. The SMILES string of the molecule is CC(F)c1nc(N)nc(NC2(C)CCCc3ccccc32)n1. The van der Waals surface area contributed by atoms with E-state index in [1.54, 1.807) is 0 Å². The van der Waals surface area contributed by atoms with Crippen LogP contribution in [0.1, 0.15) is 49.8 Å². The number of fused-ring (bicyclic) bond motifs is 1. The number of aryl methyl sites for hydroxylation is 1. The summed E-state index contributed by atoms with van der Waals surface area (Å²) in [4.78, 5) is 12.1. The second-order valence-electron chi connectivity index (χ2n) is 5.96. The van der Waals surface area contributed by atoms with E-state index in [2.05, 4.69) is 39.3 Å². The average molecular weight is 301 g/mol. The van der Waals surface area contributed by atoms with E-state index in [1.807, 2.05) is 12.1 Å². The van der Waals surface area contributed by atoms with Crippen LogP contribution in [0.25, 0.3) is 0 Å². The largest absolute Gasteiger partial charge is 0.368 e. The fourth-order valence-corrected chi connectivity index (χ4v) is 3.06. The van der Waals surface area contributed by atoms with E-state index in [9.17, 15) is 4.39 Å². The van der Waals surface area contributed by atoms with Crippen LogP contribution in [-0.4, -0.2) is 15.0 Å². The lowest BCUT2D eigenvalue weighted by Gasteiger charge is -2.36. The molecule has 0 saturated heterocycles. The molecular formula is C16H20FN5. The molecule has 0 amide bonds. The Labute approximate surface area is 129 Å². The molecule has 2 unspecified atom stereocenters. The van der Waals surface area contributed by atoms with E-state index in [0.29, 0.717) is 5.95 Å². The minimum Gasteiger partial charge on any atom is -0.368 e. The fraction of sp³-hybridized carbons (Fsp3) is 0.438. The highest BCUT2D eigenvalue weighted by molar-refractivity contribution is 5.44. The number of anilines is 2. The fourth-order valence-electron chi connectivity index (χ4n) is 3.06. The van der Waals surface area contributed by atoms with Crippen molar-refractivity contribution in [1.29, 1.82) is 0 Å². The van der Waals surface area contributed by atoms with Crippen molar-refractivity contribution in [3.05, 3.63) is 41.2 Å². The summed E-state index contributed by atoms with van der Waals surface area (Å²) in [6.45, 7) is 3.50. The molecule has 6 heteroatoms. The van der Waals surface area contributed by atoms with Crippen molar-refractivity contribution in [2.75, 3.05) is 11.1 Å². The van der Waals surface area contributed by atoms with Gasteiger partial charge < -0.3 is 11.1 Å². The Bertz CT molecular complexity index is 688. The molecule has 116 valence electrons. The minimum absolute atomic E-state index is 0.0321. The van der Waals surface area contributed by atoms with Crippen LogP contribution < -0.4 is 11.1 Å². The molecule has 5 nitrogen and oxygen atoms in total. The third-order valence-electron chi connectivity index (χ3n) is 4.15. The van der Waals surface area contributed by atoms with Crippen LogP contribution in [0.3, 0.4) is 0 Å². The summed E-state index contributed by atoms with van der Waals surface area (Å²) in [7, 11) is 0. The molecule has 1 aliphatic rings. The molecule has 1 aromatic carbocycles. The van der Waals surface area contributed by atoms with Gasteiger partial charge in [0.2, 0.25) is 11.9 Å². The van der Waals surface area contributed by atoms with Gasteiger partial charge in [-0.15, -0.1) is 0 Å². The van der Waals surface area contributed by atoms with Gasteiger partial charge in [0.25, 0.3) is 0 Å². The summed E-state index contributed by atoms with van der Waals surface area (Å²) in [5.41, 5.74) is 7.93. The molecule has 0 fully saturated rings. The van der Waals surface area contributed by atoms with Gasteiger partial charge in [0.15, 0.2) is 12.0 Å². The van der Waals surface area contributed by atoms with E-state index in [-0.39, 0.29) is 17.3 Å². The number of hydrogen-bond donors (Lipinski definition) is 2. The summed E-state index contributed by atoms with van der Waals surface area (Å²) in [6.07, 6.45) is 1.82. The first-order chi connectivity index (χ1) is 10.5. The summed E-state index contributed by atoms with van der Waals surface area (Å²) < 4.78 is 13.5. The van der Waals surface area contributed by atoms with Gasteiger partial charge in [0.05, 0.1) is 5.54 Å². The van der Waals surface area contributed by atoms with Gasteiger partial charge in [-0.1, -0.05) is 24.3 Å². The molecule has 2 atom stereocenters. The van der Waals surface area contributed by atoms with Crippen LogP contribution in [-0.2, 0) is 12.0 Å². The standard InChI is InChI=1S/C16H20FN5/c1-10(17)13-19-14(18)21-15(20-13)22-16(2)9-5-7-11-6-3-4-8-12(11)16/h3-4,6,8,10H,5,7,9H2,1-2H3,(H3,18,19,20,21,22). The van der Waals surface area contributed by atoms with Crippen molar-refractivity contribution in [2.45, 2.75) is 44.8 Å². The van der Waals surface area contributed by atoms with Gasteiger partial charge in [-0.3, -0.25) is 0 Å². The molecule has 0 spiro atoms. The summed E-state index contributed by atoms with van der Waals surface area (Å²) in [5, 5.41) is 3.34. The second-order valence-corrected chi connectivity index (χ2v) is 5.96. The predicted octanol–water partition coefficient (Wildman–Crippen LogP) is 3.15. The van der Waals surface area contributed by atoms with E-state index in [0.717, 1.165) is 19.3 Å². The number of nitrogens with zero attached hydrogens (tertiary/aromatic N) is 3. The zero-order chi connectivity index (χ0) is 15.7. The van der Waals surface area contributed by atoms with Crippen LogP contribution >= 0.6 is 0 Å². The van der Waals surface area contributed by atoms with E-state index in [4.69, 9.17) is 5.73 Å². The number of rotatable bonds is 3. The highest BCUT2D eigenvalue weighted by Gasteiger charge is 2.32. The monoisotopic (exact) mass is 301 g/mol. The van der Waals surface area contributed by atoms with Crippen LogP contribution in [0.15, 0.2) is 24.3 Å². The number of halogens is 1. The molecule has 3 rings (SSSR count). The predicted molar refractivity (Wildman–Crippen MR) is 84.1 cm³/mol. The average Bonchev–Trinajstić information content (AvgIpc) is 2.47. The molecule has 1 heterocycles. The van der Waals surface area contributed by atoms with Gasteiger partial charge >= 0.3 is 0 Å². The molecule has 22 heavy (non-hydrogen) atoms. The van der Waals surface area contributed by atoms with Gasteiger partial charge in [-0.2, -0.15) is 15.0 Å². The zero-order valence-corrected chi connectivity index (χ0v) is 12.8. The van der Waals surface area contributed by atoms with Crippen molar-refractivity contribution >= 4 is 11.9 Å². The maximum Gasteiger partial charge on any atom is 0.228 e. The molecular weight excluding hydrogens is 281 g/mol. The van der Waals surface area contributed by atoms with E-state index < -0.39 is 6.17 Å². The van der Waals surface area contributed by atoms with Crippen molar-refractivity contribution in [2.24, 2.45) is 0 Å². The first-order valence-electron chi connectivity index (χ1n) is 7.50. The lowest BCUT2D eigenvalue weighted by molar-refractivity contribution is 0.355. The van der Waals surface area contributed by atoms with Gasteiger partial charge in [-0.05, 0) is 44.2 Å². The highest BCUT2D eigenvalue weighted by atomic mass is 19.1. The molecule has 0 saturated carbocycles. The first kappa shape index (κ1) is 14.7. The normalized spacial score (nSPS) is 22.0. The lowest BCUT2D eigenvalue weighted by atomic mass is 9.78. The minimum atomic E-state index is -1.28. The van der Waals surface area contributed by atoms with E-state index in [1.165, 1.54) is 18.1 Å². The van der Waals surface area contributed by atoms with Crippen LogP contribution in [0.4, 0.5) is 16.3 Å². The molecule has 0 bridgehead atoms. The van der Waals surface area contributed by atoms with Crippen LogP contribution in [0.2, 0.25) is 0 Å². The maximum absolute atomic E-state index is 13.5. The summed E-state index contributed by atoms with van der Waals surface area (Å²) in [6, 6.07) is 8.34. The maximum atomic E-state index is 13.5. The number of nitrogen functional groups attached to an aromatic ring is 1. The Morgan fingerprint density at radius 2 is 2.05 bits per heavy atom. The molecule has 0 aliphatic heterocycles. The molecule has 3 N–H and O–H groups in total. The quantitative estimate of drug-likeness (QED) is 0.910. The number of nitrogens with two attached hydrogens (primary N) is 1. The number of benzene rings is 1. The lowest BCUT2D eigenvalue weighted by Crippen LogP contribution is -2.36. The van der Waals surface area contributed by atoms with Crippen LogP contribution in [0.5, 0.6) is 0 Å². The van der Waals surface area contributed by atoms with E-state index >= 15 is 0 Å². The van der Waals surface area contributed by atoms with Crippen molar-refractivity contribution in [3.8, 4) is 0 Å². The topological polar surface area (TPSA) is 76.7 Å². The van der Waals surface area contributed by atoms with Gasteiger partial charge in [0.1, 0.15) is 0 Å².